The maximum atomic E-state index is 10.0. The first kappa shape index (κ1) is 14.9. The molecule has 2 aliphatic heterocycles. The normalized spacial score (nSPS) is 17.8. The fraction of sp³-hybridized carbons (Fsp3) is 0.353. The van der Waals surface area contributed by atoms with Crippen molar-refractivity contribution in [3.05, 3.63) is 34.5 Å². The Hall–Kier alpha value is -2.67. The molecule has 0 amide bonds. The SMILES string of the molecule is Oc1nc(NCC2CCOCC2)[nH]c1/C=c1\ccc2c(c1)N=CN=2. The van der Waals surface area contributed by atoms with Crippen LogP contribution in [-0.2, 0) is 4.74 Å². The van der Waals surface area contributed by atoms with E-state index in [1.54, 1.807) is 6.34 Å². The van der Waals surface area contributed by atoms with Crippen LogP contribution in [0.15, 0.2) is 28.2 Å². The number of aliphatic imine (C=N–C) groups is 1. The van der Waals surface area contributed by atoms with Crippen LogP contribution in [0.3, 0.4) is 0 Å². The summed E-state index contributed by atoms with van der Waals surface area (Å²) in [7, 11) is 0. The molecule has 0 aliphatic carbocycles. The number of anilines is 1. The van der Waals surface area contributed by atoms with Crippen molar-refractivity contribution < 1.29 is 9.84 Å². The lowest BCUT2D eigenvalue weighted by molar-refractivity contribution is 0.0699. The molecule has 0 atom stereocenters. The molecule has 2 aromatic rings. The Morgan fingerprint density at radius 2 is 2.21 bits per heavy atom. The number of H-pyrrole nitrogens is 1. The lowest BCUT2D eigenvalue weighted by Crippen LogP contribution is -2.22. The Labute approximate surface area is 138 Å². The van der Waals surface area contributed by atoms with Gasteiger partial charge in [0.05, 0.1) is 11.0 Å². The highest BCUT2D eigenvalue weighted by Gasteiger charge is 2.14. The number of rotatable bonds is 4. The molecule has 1 aromatic heterocycles. The van der Waals surface area contributed by atoms with Crippen LogP contribution >= 0.6 is 0 Å². The van der Waals surface area contributed by atoms with Crippen molar-refractivity contribution in [1.29, 1.82) is 0 Å². The maximum Gasteiger partial charge on any atom is 0.238 e. The number of nitrogens with zero attached hydrogens (tertiary/aromatic N) is 3. The standard InChI is InChI=1S/C17H19N5O2/c23-16-15(8-12-1-2-13-14(7-12)20-10-19-13)21-17(22-16)18-9-11-3-5-24-6-4-11/h1-2,7-8,10-11,23H,3-6,9H2,(H2,18,21,22)/b12-8+. The predicted molar refractivity (Wildman–Crippen MR) is 91.2 cm³/mol. The quantitative estimate of drug-likeness (QED) is 0.784. The van der Waals surface area contributed by atoms with Gasteiger partial charge in [-0.25, -0.2) is 9.98 Å². The third-order valence-electron chi connectivity index (χ3n) is 4.31. The molecule has 0 spiro atoms. The van der Waals surface area contributed by atoms with Gasteiger partial charge in [0.1, 0.15) is 12.0 Å². The van der Waals surface area contributed by atoms with Crippen molar-refractivity contribution in [3.8, 4) is 5.88 Å². The van der Waals surface area contributed by atoms with Crippen LogP contribution in [0.5, 0.6) is 5.88 Å². The molecular formula is C17H19N5O2. The van der Waals surface area contributed by atoms with Crippen LogP contribution in [0.1, 0.15) is 18.5 Å². The number of benzene rings is 1. The molecule has 4 rings (SSSR count). The highest BCUT2D eigenvalue weighted by molar-refractivity contribution is 5.67. The number of aromatic nitrogens is 2. The van der Waals surface area contributed by atoms with Crippen LogP contribution in [-0.4, -0.2) is 41.2 Å². The first-order valence-corrected chi connectivity index (χ1v) is 8.11. The van der Waals surface area contributed by atoms with Crippen LogP contribution in [0, 0.1) is 5.92 Å². The number of nitrogens with one attached hydrogen (secondary N) is 2. The van der Waals surface area contributed by atoms with Crippen LogP contribution in [0.2, 0.25) is 0 Å². The van der Waals surface area contributed by atoms with E-state index in [-0.39, 0.29) is 5.88 Å². The minimum Gasteiger partial charge on any atom is -0.492 e. The van der Waals surface area contributed by atoms with E-state index >= 15 is 0 Å². The van der Waals surface area contributed by atoms with Gasteiger partial charge in [0, 0.05) is 19.8 Å². The molecular weight excluding hydrogens is 306 g/mol. The lowest BCUT2D eigenvalue weighted by Gasteiger charge is -2.21. The summed E-state index contributed by atoms with van der Waals surface area (Å²) in [6.45, 7) is 2.47. The van der Waals surface area contributed by atoms with Crippen LogP contribution in [0.25, 0.3) is 6.08 Å². The van der Waals surface area contributed by atoms with E-state index in [1.165, 1.54) is 0 Å². The Morgan fingerprint density at radius 1 is 1.33 bits per heavy atom. The molecule has 124 valence electrons. The Morgan fingerprint density at radius 3 is 3.08 bits per heavy atom. The van der Waals surface area contributed by atoms with Crippen molar-refractivity contribution in [2.24, 2.45) is 15.9 Å². The average Bonchev–Trinajstić information content (AvgIpc) is 3.20. The fourth-order valence-electron chi connectivity index (χ4n) is 2.92. The van der Waals surface area contributed by atoms with E-state index in [1.807, 2.05) is 24.3 Å². The Bertz CT molecular complexity index is 881. The zero-order chi connectivity index (χ0) is 16.4. The van der Waals surface area contributed by atoms with E-state index < -0.39 is 0 Å². The van der Waals surface area contributed by atoms with Crippen molar-refractivity contribution in [2.45, 2.75) is 12.8 Å². The number of imidazole rings is 1. The molecule has 24 heavy (non-hydrogen) atoms. The van der Waals surface area contributed by atoms with Gasteiger partial charge < -0.3 is 20.1 Å². The molecule has 0 saturated carbocycles. The van der Waals surface area contributed by atoms with Crippen molar-refractivity contribution in [2.75, 3.05) is 25.1 Å². The smallest absolute Gasteiger partial charge is 0.238 e. The van der Waals surface area contributed by atoms with Gasteiger partial charge in [0.2, 0.25) is 11.8 Å². The van der Waals surface area contributed by atoms with Crippen molar-refractivity contribution >= 4 is 24.1 Å². The summed E-state index contributed by atoms with van der Waals surface area (Å²) < 4.78 is 5.36. The Kier molecular flexibility index (Phi) is 4.00. The maximum absolute atomic E-state index is 10.0. The highest BCUT2D eigenvalue weighted by Crippen LogP contribution is 2.19. The van der Waals surface area contributed by atoms with E-state index in [2.05, 4.69) is 25.3 Å². The zero-order valence-corrected chi connectivity index (χ0v) is 13.2. The summed E-state index contributed by atoms with van der Waals surface area (Å²) in [5, 5.41) is 15.1. The molecule has 7 nitrogen and oxygen atoms in total. The number of aromatic hydroxyl groups is 1. The molecule has 1 fully saturated rings. The van der Waals surface area contributed by atoms with Gasteiger partial charge >= 0.3 is 0 Å². The fourth-order valence-corrected chi connectivity index (χ4v) is 2.92. The third kappa shape index (κ3) is 3.16. The second-order valence-electron chi connectivity index (χ2n) is 6.03. The molecule has 3 N–H and O–H groups in total. The average molecular weight is 325 g/mol. The number of fused-ring (bicyclic) bond motifs is 1. The first-order chi connectivity index (χ1) is 11.8. The summed E-state index contributed by atoms with van der Waals surface area (Å²) >= 11 is 0. The monoisotopic (exact) mass is 325 g/mol. The number of hydrogen-bond donors (Lipinski definition) is 3. The first-order valence-electron chi connectivity index (χ1n) is 8.11. The van der Waals surface area contributed by atoms with Gasteiger partial charge in [-0.2, -0.15) is 4.98 Å². The largest absolute Gasteiger partial charge is 0.492 e. The molecule has 1 aromatic carbocycles. The van der Waals surface area contributed by atoms with E-state index in [0.717, 1.165) is 48.9 Å². The molecule has 7 heteroatoms. The topological polar surface area (TPSA) is 94.9 Å². The molecule has 0 unspecified atom stereocenters. The molecule has 1 saturated heterocycles. The molecule has 2 aliphatic rings. The number of aromatic amines is 1. The summed E-state index contributed by atoms with van der Waals surface area (Å²) in [4.78, 5) is 15.6. The number of hydrogen-bond acceptors (Lipinski definition) is 6. The van der Waals surface area contributed by atoms with Crippen LogP contribution in [0.4, 0.5) is 11.6 Å². The third-order valence-corrected chi connectivity index (χ3v) is 4.31. The van der Waals surface area contributed by atoms with Crippen molar-refractivity contribution in [3.63, 3.8) is 0 Å². The number of ether oxygens (including phenoxy) is 1. The second kappa shape index (κ2) is 6.45. The van der Waals surface area contributed by atoms with Gasteiger partial charge in [-0.15, -0.1) is 0 Å². The van der Waals surface area contributed by atoms with Gasteiger partial charge in [0.15, 0.2) is 0 Å². The predicted octanol–water partition coefficient (Wildman–Crippen LogP) is 1.08. The Balaban J connectivity index is 1.50. The van der Waals surface area contributed by atoms with E-state index in [0.29, 0.717) is 17.6 Å². The second-order valence-corrected chi connectivity index (χ2v) is 6.03. The van der Waals surface area contributed by atoms with Crippen molar-refractivity contribution in [1.82, 2.24) is 9.97 Å². The molecule has 3 heterocycles. The minimum absolute atomic E-state index is 0.0156. The van der Waals surface area contributed by atoms with Gasteiger partial charge in [-0.1, -0.05) is 6.07 Å². The van der Waals surface area contributed by atoms with E-state index in [9.17, 15) is 5.11 Å². The van der Waals surface area contributed by atoms with Gasteiger partial charge in [0.25, 0.3) is 0 Å². The summed E-state index contributed by atoms with van der Waals surface area (Å²) in [6.07, 6.45) is 5.50. The summed E-state index contributed by atoms with van der Waals surface area (Å²) in [5.74, 6) is 1.15. The molecule has 0 radical (unpaired) electrons. The van der Waals surface area contributed by atoms with Gasteiger partial charge in [-0.3, -0.25) is 0 Å². The summed E-state index contributed by atoms with van der Waals surface area (Å²) in [5.41, 5.74) is 1.41. The van der Waals surface area contributed by atoms with E-state index in [4.69, 9.17) is 4.74 Å². The van der Waals surface area contributed by atoms with Crippen LogP contribution < -0.4 is 15.9 Å². The molecule has 0 bridgehead atoms. The highest BCUT2D eigenvalue weighted by atomic mass is 16.5. The lowest BCUT2D eigenvalue weighted by atomic mass is 10.0. The minimum atomic E-state index is -0.0156. The van der Waals surface area contributed by atoms with Gasteiger partial charge in [-0.05, 0) is 42.2 Å². The zero-order valence-electron chi connectivity index (χ0n) is 13.2. The summed E-state index contributed by atoms with van der Waals surface area (Å²) in [6, 6.07) is 5.77.